The van der Waals surface area contributed by atoms with Gasteiger partial charge in [0, 0.05) is 13.1 Å². The van der Waals surface area contributed by atoms with Crippen molar-refractivity contribution in [3.63, 3.8) is 0 Å². The average molecular weight is 484 g/mol. The van der Waals surface area contributed by atoms with E-state index in [1.165, 1.54) is 0 Å². The fraction of sp³-hybridized carbons (Fsp3) is 0.310. The fourth-order valence-electron chi connectivity index (χ4n) is 4.16. The number of hydrogen-bond acceptors (Lipinski definition) is 4. The molecule has 4 rings (SSSR count). The molecule has 0 aliphatic heterocycles. The van der Waals surface area contributed by atoms with E-state index in [2.05, 4.69) is 29.5 Å². The molecule has 0 saturated heterocycles. The number of rotatable bonds is 10. The second-order valence-electron chi connectivity index (χ2n) is 9.53. The second kappa shape index (κ2) is 11.6. The van der Waals surface area contributed by atoms with Crippen LogP contribution in [-0.2, 0) is 22.7 Å². The van der Waals surface area contributed by atoms with Gasteiger partial charge in [-0.1, -0.05) is 91.4 Å². The molecule has 0 spiro atoms. The highest BCUT2D eigenvalue weighted by atomic mass is 16.2. The van der Waals surface area contributed by atoms with Gasteiger partial charge in [0.1, 0.15) is 18.1 Å². The number of nitrogens with one attached hydrogen (secondary N) is 1. The third kappa shape index (κ3) is 6.16. The zero-order valence-electron chi connectivity index (χ0n) is 21.1. The van der Waals surface area contributed by atoms with Crippen LogP contribution in [0.5, 0.6) is 0 Å². The molecular weight excluding hydrogens is 450 g/mol. The number of carbonyl (C=O) groups excluding carboxylic acids is 2. The predicted octanol–water partition coefficient (Wildman–Crippen LogP) is 4.67. The summed E-state index contributed by atoms with van der Waals surface area (Å²) in [6, 6.07) is 24.3. The molecule has 7 nitrogen and oxygen atoms in total. The number of aryl methyl sites for hydroxylation is 1. The van der Waals surface area contributed by atoms with Crippen LogP contribution in [0, 0.1) is 12.8 Å². The Morgan fingerprint density at radius 1 is 0.944 bits per heavy atom. The summed E-state index contributed by atoms with van der Waals surface area (Å²) in [5.41, 5.74) is 4.36. The monoisotopic (exact) mass is 483 g/mol. The van der Waals surface area contributed by atoms with E-state index < -0.39 is 6.04 Å². The molecule has 3 aromatic carbocycles. The van der Waals surface area contributed by atoms with Crippen molar-refractivity contribution >= 4 is 22.8 Å². The first-order valence-electron chi connectivity index (χ1n) is 12.4. The van der Waals surface area contributed by atoms with E-state index in [4.69, 9.17) is 0 Å². The molecule has 2 amide bonds. The number of aromatic nitrogens is 3. The molecule has 4 aromatic rings. The van der Waals surface area contributed by atoms with Gasteiger partial charge >= 0.3 is 0 Å². The molecule has 1 heterocycles. The summed E-state index contributed by atoms with van der Waals surface area (Å²) in [6.07, 6.45) is 0.865. The standard InChI is InChI=1S/C29H33N5O2/c1-21(2)17-18-30-29(36)28(24-9-5-4-6-10-24)33(19-23-15-13-22(3)14-16-23)27(35)20-34-26-12-8-7-11-25(26)31-32-34/h4-16,21,28H,17-20H2,1-3H3,(H,30,36)/t28-/m0/s1. The number of carbonyl (C=O) groups is 2. The van der Waals surface area contributed by atoms with Crippen molar-refractivity contribution in [3.8, 4) is 0 Å². The molecule has 0 unspecified atom stereocenters. The van der Waals surface area contributed by atoms with Gasteiger partial charge < -0.3 is 10.2 Å². The highest BCUT2D eigenvalue weighted by molar-refractivity contribution is 5.89. The van der Waals surface area contributed by atoms with Gasteiger partial charge in [0.25, 0.3) is 0 Å². The van der Waals surface area contributed by atoms with Crippen molar-refractivity contribution in [2.45, 2.75) is 46.3 Å². The Bertz CT molecular complexity index is 1300. The average Bonchev–Trinajstić information content (AvgIpc) is 3.28. The molecule has 0 fully saturated rings. The summed E-state index contributed by atoms with van der Waals surface area (Å²) in [6.45, 7) is 7.10. The summed E-state index contributed by atoms with van der Waals surface area (Å²) < 4.78 is 1.60. The van der Waals surface area contributed by atoms with Crippen LogP contribution >= 0.6 is 0 Å². The van der Waals surface area contributed by atoms with Gasteiger partial charge in [0.15, 0.2) is 0 Å². The van der Waals surface area contributed by atoms with E-state index >= 15 is 0 Å². The summed E-state index contributed by atoms with van der Waals surface area (Å²) in [7, 11) is 0. The van der Waals surface area contributed by atoms with E-state index in [1.807, 2.05) is 85.8 Å². The number of nitrogens with zero attached hydrogens (tertiary/aromatic N) is 4. The highest BCUT2D eigenvalue weighted by Crippen LogP contribution is 2.25. The van der Waals surface area contributed by atoms with Crippen LogP contribution in [0.1, 0.15) is 43.0 Å². The van der Waals surface area contributed by atoms with Crippen LogP contribution in [0.4, 0.5) is 0 Å². The predicted molar refractivity (Wildman–Crippen MR) is 141 cm³/mol. The van der Waals surface area contributed by atoms with E-state index in [0.717, 1.165) is 34.1 Å². The summed E-state index contributed by atoms with van der Waals surface area (Å²) in [5, 5.41) is 11.4. The number of amides is 2. The Balaban J connectivity index is 1.69. The molecule has 1 N–H and O–H groups in total. The number of para-hydroxylation sites is 1. The largest absolute Gasteiger partial charge is 0.354 e. The van der Waals surface area contributed by atoms with Gasteiger partial charge in [-0.25, -0.2) is 4.68 Å². The summed E-state index contributed by atoms with van der Waals surface area (Å²) in [5.74, 6) is 0.0659. The van der Waals surface area contributed by atoms with Crippen LogP contribution < -0.4 is 5.32 Å². The minimum absolute atomic E-state index is 0.0189. The third-order valence-electron chi connectivity index (χ3n) is 6.20. The topological polar surface area (TPSA) is 80.1 Å². The first-order valence-corrected chi connectivity index (χ1v) is 12.4. The van der Waals surface area contributed by atoms with E-state index in [1.54, 1.807) is 9.58 Å². The lowest BCUT2D eigenvalue weighted by Gasteiger charge is -2.32. The summed E-state index contributed by atoms with van der Waals surface area (Å²) >= 11 is 0. The molecule has 1 aromatic heterocycles. The molecule has 36 heavy (non-hydrogen) atoms. The maximum Gasteiger partial charge on any atom is 0.247 e. The molecule has 0 saturated carbocycles. The smallest absolute Gasteiger partial charge is 0.247 e. The maximum absolute atomic E-state index is 13.9. The van der Waals surface area contributed by atoms with Gasteiger partial charge in [-0.05, 0) is 42.5 Å². The Morgan fingerprint density at radius 2 is 1.64 bits per heavy atom. The quantitative estimate of drug-likeness (QED) is 0.355. The molecule has 0 bridgehead atoms. The van der Waals surface area contributed by atoms with Crippen molar-refractivity contribution in [2.75, 3.05) is 6.54 Å². The zero-order valence-corrected chi connectivity index (χ0v) is 21.1. The molecule has 1 atom stereocenters. The molecule has 186 valence electrons. The molecule has 0 aliphatic carbocycles. The lowest BCUT2D eigenvalue weighted by molar-refractivity contribution is -0.142. The van der Waals surface area contributed by atoms with E-state index in [0.29, 0.717) is 19.0 Å². The van der Waals surface area contributed by atoms with Crippen LogP contribution in [0.15, 0.2) is 78.9 Å². The Hall–Kier alpha value is -4.00. The fourth-order valence-corrected chi connectivity index (χ4v) is 4.16. The second-order valence-corrected chi connectivity index (χ2v) is 9.53. The van der Waals surface area contributed by atoms with Crippen molar-refractivity contribution < 1.29 is 9.59 Å². The minimum Gasteiger partial charge on any atom is -0.354 e. The van der Waals surface area contributed by atoms with Gasteiger partial charge in [0.2, 0.25) is 11.8 Å². The first kappa shape index (κ1) is 25.1. The Kier molecular flexibility index (Phi) is 8.10. The molecule has 7 heteroatoms. The molecule has 0 aliphatic rings. The Labute approximate surface area is 212 Å². The normalized spacial score (nSPS) is 12.0. The minimum atomic E-state index is -0.776. The molecular formula is C29H33N5O2. The van der Waals surface area contributed by atoms with Gasteiger partial charge in [-0.15, -0.1) is 5.10 Å². The van der Waals surface area contributed by atoms with Crippen molar-refractivity contribution in [1.82, 2.24) is 25.2 Å². The molecule has 0 radical (unpaired) electrons. The zero-order chi connectivity index (χ0) is 25.5. The van der Waals surface area contributed by atoms with Crippen LogP contribution in [0.3, 0.4) is 0 Å². The number of benzene rings is 3. The van der Waals surface area contributed by atoms with Crippen LogP contribution in [0.2, 0.25) is 0 Å². The van der Waals surface area contributed by atoms with Crippen LogP contribution in [-0.4, -0.2) is 38.3 Å². The third-order valence-corrected chi connectivity index (χ3v) is 6.20. The highest BCUT2D eigenvalue weighted by Gasteiger charge is 2.32. The van der Waals surface area contributed by atoms with Crippen molar-refractivity contribution in [2.24, 2.45) is 5.92 Å². The lowest BCUT2D eigenvalue weighted by Crippen LogP contribution is -2.45. The summed E-state index contributed by atoms with van der Waals surface area (Å²) in [4.78, 5) is 29.1. The van der Waals surface area contributed by atoms with Crippen molar-refractivity contribution in [3.05, 3.63) is 95.6 Å². The van der Waals surface area contributed by atoms with Crippen LogP contribution in [0.25, 0.3) is 11.0 Å². The first-order chi connectivity index (χ1) is 17.4. The van der Waals surface area contributed by atoms with Gasteiger partial charge in [-0.2, -0.15) is 0 Å². The lowest BCUT2D eigenvalue weighted by atomic mass is 10.0. The van der Waals surface area contributed by atoms with Gasteiger partial charge in [0.05, 0.1) is 5.52 Å². The van der Waals surface area contributed by atoms with Gasteiger partial charge in [-0.3, -0.25) is 9.59 Å². The Morgan fingerprint density at radius 3 is 2.36 bits per heavy atom. The van der Waals surface area contributed by atoms with E-state index in [-0.39, 0.29) is 18.4 Å². The SMILES string of the molecule is Cc1ccc(CN(C(=O)Cn2nnc3ccccc32)[C@H](C(=O)NCCC(C)C)c2ccccc2)cc1. The van der Waals surface area contributed by atoms with Crippen molar-refractivity contribution in [1.29, 1.82) is 0 Å². The maximum atomic E-state index is 13.9. The number of hydrogen-bond donors (Lipinski definition) is 1. The van der Waals surface area contributed by atoms with E-state index in [9.17, 15) is 9.59 Å². The number of fused-ring (bicyclic) bond motifs is 1.